The molecule has 0 aliphatic rings. The van der Waals surface area contributed by atoms with Crippen molar-refractivity contribution in [2.45, 2.75) is 98.0 Å². The first kappa shape index (κ1) is 43.3. The number of anilines is 1. The van der Waals surface area contributed by atoms with E-state index in [2.05, 4.69) is 31.9 Å². The average Bonchev–Trinajstić information content (AvgIpc) is 3.03. The van der Waals surface area contributed by atoms with Gasteiger partial charge in [0.1, 0.15) is 18.7 Å². The molecule has 1 aromatic rings. The van der Waals surface area contributed by atoms with E-state index in [0.29, 0.717) is 5.56 Å². The Labute approximate surface area is 292 Å². The van der Waals surface area contributed by atoms with E-state index in [1.807, 2.05) is 0 Å². The van der Waals surface area contributed by atoms with E-state index in [9.17, 15) is 33.6 Å². The van der Waals surface area contributed by atoms with Crippen molar-refractivity contribution in [1.82, 2.24) is 26.6 Å². The Kier molecular flexibility index (Phi) is 19.1. The summed E-state index contributed by atoms with van der Waals surface area (Å²) in [6, 6.07) is 0.412. The number of nitrogens with two attached hydrogens (primary N) is 2. The van der Waals surface area contributed by atoms with Crippen LogP contribution in [-0.2, 0) is 35.3 Å². The van der Waals surface area contributed by atoms with Gasteiger partial charge in [0.25, 0.3) is 5.91 Å². The van der Waals surface area contributed by atoms with Crippen LogP contribution in [-0.4, -0.2) is 90.5 Å². The Balaban J connectivity index is 3.30. The molecule has 1 aromatic carbocycles. The van der Waals surface area contributed by atoms with E-state index in [1.165, 1.54) is 18.2 Å². The summed E-state index contributed by atoms with van der Waals surface area (Å²) >= 11 is 0. The van der Waals surface area contributed by atoms with Crippen LogP contribution in [0.5, 0.6) is 0 Å². The zero-order chi connectivity index (χ0) is 38.0. The molecule has 0 saturated heterocycles. The third-order valence-corrected chi connectivity index (χ3v) is 7.24. The van der Waals surface area contributed by atoms with E-state index in [0.717, 1.165) is 0 Å². The molecule has 0 spiro atoms. The normalized spacial score (nSPS) is 12.8. The summed E-state index contributed by atoms with van der Waals surface area (Å²) < 4.78 is 5.31. The van der Waals surface area contributed by atoms with Crippen molar-refractivity contribution in [1.29, 1.82) is 0 Å². The molecule has 0 aromatic heterocycles. The van der Waals surface area contributed by atoms with Crippen LogP contribution in [0.2, 0.25) is 0 Å². The van der Waals surface area contributed by atoms with Crippen LogP contribution in [0.4, 0.5) is 10.5 Å². The van der Waals surface area contributed by atoms with Gasteiger partial charge in [0, 0.05) is 48.9 Å². The van der Waals surface area contributed by atoms with Gasteiger partial charge in [-0.1, -0.05) is 47.6 Å². The topological polar surface area (TPSA) is 273 Å². The van der Waals surface area contributed by atoms with E-state index in [4.69, 9.17) is 21.3 Å². The van der Waals surface area contributed by atoms with Gasteiger partial charge in [-0.3, -0.25) is 28.8 Å². The van der Waals surface area contributed by atoms with Crippen molar-refractivity contribution < 1.29 is 43.4 Å². The van der Waals surface area contributed by atoms with Gasteiger partial charge in [-0.2, -0.15) is 0 Å². The molecule has 0 fully saturated rings. The maximum Gasteiger partial charge on any atom is 0.312 e. The lowest BCUT2D eigenvalue weighted by molar-refractivity contribution is -0.148. The lowest BCUT2D eigenvalue weighted by atomic mass is 10.0. The first-order valence-corrected chi connectivity index (χ1v) is 16.7. The summed E-state index contributed by atoms with van der Waals surface area (Å²) in [4.78, 5) is 87.8. The highest BCUT2D eigenvalue weighted by Gasteiger charge is 2.31. The number of carbonyl (C=O) groups excluding carboxylic acids is 6. The predicted octanol–water partition coefficient (Wildman–Crippen LogP) is 0.318. The zero-order valence-electron chi connectivity index (χ0n) is 29.7. The lowest BCUT2D eigenvalue weighted by Gasteiger charge is -2.28. The molecular weight excluding hydrogens is 652 g/mol. The molecule has 1 rings (SSSR count). The summed E-state index contributed by atoms with van der Waals surface area (Å²) in [6.07, 6.45) is 0.0234. The smallest absolute Gasteiger partial charge is 0.312 e. The minimum Gasteiger partial charge on any atom is -0.481 e. The number of aliphatic carboxylic acids is 1. The minimum atomic E-state index is -1.16. The van der Waals surface area contributed by atoms with Crippen LogP contribution < -0.4 is 43.4 Å². The Hall–Kier alpha value is -4.77. The first-order chi connectivity index (χ1) is 23.5. The number of nitrogens with one attached hydrogen (secondary N) is 6. The summed E-state index contributed by atoms with van der Waals surface area (Å²) in [7, 11) is 0. The number of benzene rings is 1. The molecule has 17 heteroatoms. The van der Waals surface area contributed by atoms with Gasteiger partial charge < -0.3 is 53.2 Å². The average molecular weight is 707 g/mol. The second kappa shape index (κ2) is 22.0. The Morgan fingerprint density at radius 1 is 0.840 bits per heavy atom. The van der Waals surface area contributed by atoms with Crippen molar-refractivity contribution in [3.8, 4) is 0 Å². The van der Waals surface area contributed by atoms with Crippen LogP contribution in [0.1, 0.15) is 83.1 Å². The number of hydrogen-bond acceptors (Lipinski definition) is 10. The zero-order valence-corrected chi connectivity index (χ0v) is 29.7. The third kappa shape index (κ3) is 16.1. The largest absolute Gasteiger partial charge is 0.481 e. The molecule has 17 nitrogen and oxygen atoms in total. The monoisotopic (exact) mass is 706 g/mol. The van der Waals surface area contributed by atoms with Crippen molar-refractivity contribution in [2.24, 2.45) is 23.3 Å². The number of carboxylic acid groups (broad SMARTS) is 1. The van der Waals surface area contributed by atoms with Crippen LogP contribution in [0.15, 0.2) is 18.2 Å². The van der Waals surface area contributed by atoms with Gasteiger partial charge in [0.2, 0.25) is 17.7 Å². The molecule has 0 heterocycles. The molecule has 0 radical (unpaired) electrons. The lowest BCUT2D eigenvalue weighted by Crippen LogP contribution is -2.58. The Bertz CT molecular complexity index is 1340. The number of primary amides is 1. The second-order valence-electron chi connectivity index (χ2n) is 12.7. The fraction of sp³-hybridized carbons (Fsp3) is 0.606. The minimum absolute atomic E-state index is 0.00510. The third-order valence-electron chi connectivity index (χ3n) is 7.24. The highest BCUT2D eigenvalue weighted by molar-refractivity contribution is 6.01. The quantitative estimate of drug-likeness (QED) is 0.0585. The molecule has 0 unspecified atom stereocenters. The van der Waals surface area contributed by atoms with Crippen molar-refractivity contribution >= 4 is 47.3 Å². The molecular formula is C33H54N8O9. The maximum absolute atomic E-state index is 13.6. The SMILES string of the molecule is CC(C)N[C@@H](CCC(=O)O)C(=O)N[C@H](C(=O)N[C@@H](CCCNC(N)=O)C(=O)Nc1ccc(COC(=O)C(C)C)c(C(=O)NCCN)c1)C(C)C. The highest BCUT2D eigenvalue weighted by atomic mass is 16.5. The van der Waals surface area contributed by atoms with E-state index < -0.39 is 65.6 Å². The van der Waals surface area contributed by atoms with Crippen molar-refractivity contribution in [3.05, 3.63) is 29.3 Å². The predicted molar refractivity (Wildman–Crippen MR) is 186 cm³/mol. The number of carbonyl (C=O) groups is 7. The van der Waals surface area contributed by atoms with Crippen LogP contribution >= 0.6 is 0 Å². The number of esters is 1. The number of amides is 6. The van der Waals surface area contributed by atoms with E-state index >= 15 is 0 Å². The van der Waals surface area contributed by atoms with Gasteiger partial charge in [-0.15, -0.1) is 0 Å². The summed E-state index contributed by atoms with van der Waals surface area (Å²) in [5.74, 6) is -4.73. The van der Waals surface area contributed by atoms with Crippen LogP contribution in [0.25, 0.3) is 0 Å². The van der Waals surface area contributed by atoms with Crippen molar-refractivity contribution in [2.75, 3.05) is 25.0 Å². The summed E-state index contributed by atoms with van der Waals surface area (Å²) in [6.45, 7) is 10.6. The Morgan fingerprint density at radius 3 is 2.08 bits per heavy atom. The second-order valence-corrected chi connectivity index (χ2v) is 12.7. The number of ether oxygens (including phenoxy) is 1. The molecule has 0 aliphatic carbocycles. The summed E-state index contributed by atoms with van der Waals surface area (Å²) in [5.41, 5.74) is 11.4. The maximum atomic E-state index is 13.6. The Morgan fingerprint density at radius 2 is 1.52 bits per heavy atom. The van der Waals surface area contributed by atoms with Gasteiger partial charge >= 0.3 is 18.0 Å². The molecule has 0 aliphatic heterocycles. The van der Waals surface area contributed by atoms with E-state index in [1.54, 1.807) is 41.5 Å². The molecule has 0 bridgehead atoms. The van der Waals surface area contributed by atoms with Gasteiger partial charge in [0.05, 0.1) is 12.0 Å². The molecule has 3 atom stereocenters. The molecule has 280 valence electrons. The van der Waals surface area contributed by atoms with Gasteiger partial charge in [-0.25, -0.2) is 4.79 Å². The number of urea groups is 1. The van der Waals surface area contributed by atoms with E-state index in [-0.39, 0.29) is 75.1 Å². The standard InChI is InChI=1S/C33H54N8O9/c1-18(2)27(41-30(46)25(38-20(5)6)11-12-26(42)43)31(47)40-24(8-7-14-37-33(35)49)29(45)39-22-10-9-21(17-50-32(48)19(3)4)23(16-22)28(44)36-15-13-34/h9-10,16,18-20,24-25,27,38H,7-8,11-15,17,34H2,1-6H3,(H,36,44)(H,39,45)(H,40,47)(H,41,46)(H,42,43)(H3,35,37,49)/t24-,25-,27-/m0/s1. The fourth-order valence-corrected chi connectivity index (χ4v) is 4.61. The first-order valence-electron chi connectivity index (χ1n) is 16.7. The summed E-state index contributed by atoms with van der Waals surface area (Å²) in [5, 5.41) is 25.3. The van der Waals surface area contributed by atoms with Gasteiger partial charge in [0.15, 0.2) is 0 Å². The highest BCUT2D eigenvalue weighted by Crippen LogP contribution is 2.19. The molecule has 50 heavy (non-hydrogen) atoms. The van der Waals surface area contributed by atoms with Crippen LogP contribution in [0.3, 0.4) is 0 Å². The fourth-order valence-electron chi connectivity index (χ4n) is 4.61. The molecule has 0 saturated carbocycles. The number of hydrogen-bond donors (Lipinski definition) is 9. The van der Waals surface area contributed by atoms with Crippen LogP contribution in [0, 0.1) is 11.8 Å². The van der Waals surface area contributed by atoms with Gasteiger partial charge in [-0.05, 0) is 37.3 Å². The molecule has 6 amide bonds. The van der Waals surface area contributed by atoms with Crippen molar-refractivity contribution in [3.63, 3.8) is 0 Å². The number of carboxylic acids is 1. The number of rotatable bonds is 22. The molecule has 11 N–H and O–H groups in total.